The monoisotopic (exact) mass is 302 g/mol. The second-order valence-electron chi connectivity index (χ2n) is 4.90. The molecule has 0 aliphatic heterocycles. The van der Waals surface area contributed by atoms with Crippen molar-refractivity contribution in [3.05, 3.63) is 35.6 Å². The number of carbonyl (C=O) groups is 1. The van der Waals surface area contributed by atoms with Crippen LogP contribution in [0.5, 0.6) is 0 Å². The molecule has 1 aromatic carbocycles. The third-order valence-electron chi connectivity index (χ3n) is 2.43. The number of sulfonamides is 1. The van der Waals surface area contributed by atoms with Crippen LogP contribution in [0.15, 0.2) is 24.3 Å². The van der Waals surface area contributed by atoms with E-state index >= 15 is 0 Å². The number of nitrogens with one attached hydrogen (secondary N) is 2. The van der Waals surface area contributed by atoms with E-state index in [1.165, 1.54) is 24.3 Å². The average Bonchev–Trinajstić information content (AvgIpc) is 2.36. The minimum Gasteiger partial charge on any atom is -0.355 e. The molecular weight excluding hydrogens is 283 g/mol. The summed E-state index contributed by atoms with van der Waals surface area (Å²) in [6.45, 7) is 4.09. The van der Waals surface area contributed by atoms with Crippen LogP contribution in [0.1, 0.15) is 19.4 Å². The summed E-state index contributed by atoms with van der Waals surface area (Å²) in [6.07, 6.45) is 0. The summed E-state index contributed by atoms with van der Waals surface area (Å²) >= 11 is 0. The number of carbonyl (C=O) groups excluding carboxylic acids is 1. The van der Waals surface area contributed by atoms with Crippen molar-refractivity contribution in [3.8, 4) is 0 Å². The quantitative estimate of drug-likeness (QED) is 0.789. The number of halogens is 1. The molecule has 1 aromatic rings. The molecule has 1 rings (SSSR count). The van der Waals surface area contributed by atoms with Gasteiger partial charge in [-0.15, -0.1) is 0 Å². The van der Waals surface area contributed by atoms with E-state index in [-0.39, 0.29) is 18.2 Å². The van der Waals surface area contributed by atoms with E-state index in [0.29, 0.717) is 18.0 Å². The zero-order chi connectivity index (χ0) is 15.2. The van der Waals surface area contributed by atoms with Gasteiger partial charge in [0.15, 0.2) is 0 Å². The zero-order valence-electron chi connectivity index (χ0n) is 11.5. The summed E-state index contributed by atoms with van der Waals surface area (Å²) in [6, 6.07) is 5.18. The number of benzene rings is 1. The Balaban J connectivity index is 2.45. The highest BCUT2D eigenvalue weighted by atomic mass is 32.2. The van der Waals surface area contributed by atoms with Crippen LogP contribution in [-0.4, -0.2) is 27.4 Å². The van der Waals surface area contributed by atoms with Crippen LogP contribution in [0, 0.1) is 11.7 Å². The van der Waals surface area contributed by atoms with Gasteiger partial charge in [0.1, 0.15) is 5.82 Å². The highest BCUT2D eigenvalue weighted by molar-refractivity contribution is 7.88. The lowest BCUT2D eigenvalue weighted by Gasteiger charge is -2.09. The second kappa shape index (κ2) is 7.35. The van der Waals surface area contributed by atoms with Crippen LogP contribution in [0.3, 0.4) is 0 Å². The molecule has 5 nitrogen and oxygen atoms in total. The molecule has 7 heteroatoms. The molecule has 0 aliphatic carbocycles. The molecule has 112 valence electrons. The average molecular weight is 302 g/mol. The van der Waals surface area contributed by atoms with Crippen molar-refractivity contribution >= 4 is 15.9 Å². The Labute approximate surface area is 118 Å². The van der Waals surface area contributed by atoms with Crippen molar-refractivity contribution in [1.82, 2.24) is 10.0 Å². The summed E-state index contributed by atoms with van der Waals surface area (Å²) in [5.74, 6) is -0.784. The third-order valence-corrected chi connectivity index (χ3v) is 3.73. The Hall–Kier alpha value is -1.47. The predicted molar refractivity (Wildman–Crippen MR) is 74.9 cm³/mol. The van der Waals surface area contributed by atoms with E-state index in [1.807, 2.05) is 13.8 Å². The Morgan fingerprint density at radius 2 is 1.85 bits per heavy atom. The molecule has 0 heterocycles. The molecular formula is C13H19FN2O3S. The molecule has 2 N–H and O–H groups in total. The lowest BCUT2D eigenvalue weighted by molar-refractivity contribution is -0.120. The smallest absolute Gasteiger partial charge is 0.235 e. The largest absolute Gasteiger partial charge is 0.355 e. The maximum absolute atomic E-state index is 12.7. The molecule has 0 atom stereocenters. The van der Waals surface area contributed by atoms with Gasteiger partial charge in [-0.1, -0.05) is 26.0 Å². The lowest BCUT2D eigenvalue weighted by Crippen LogP contribution is -2.38. The van der Waals surface area contributed by atoms with Gasteiger partial charge in [-0.2, -0.15) is 0 Å². The van der Waals surface area contributed by atoms with Gasteiger partial charge in [0.2, 0.25) is 15.9 Å². The Morgan fingerprint density at radius 3 is 2.40 bits per heavy atom. The molecule has 0 saturated heterocycles. The zero-order valence-corrected chi connectivity index (χ0v) is 12.3. The second-order valence-corrected chi connectivity index (χ2v) is 6.71. The van der Waals surface area contributed by atoms with Gasteiger partial charge in [-0.25, -0.2) is 17.5 Å². The first kappa shape index (κ1) is 16.6. The molecule has 0 saturated carbocycles. The fourth-order valence-electron chi connectivity index (χ4n) is 1.41. The molecule has 0 bridgehead atoms. The van der Waals surface area contributed by atoms with Crippen LogP contribution in [-0.2, 0) is 20.6 Å². The summed E-state index contributed by atoms with van der Waals surface area (Å²) in [5, 5.41) is 2.61. The fourth-order valence-corrected chi connectivity index (χ4v) is 2.49. The Kier molecular flexibility index (Phi) is 6.09. The van der Waals surface area contributed by atoms with Gasteiger partial charge < -0.3 is 5.32 Å². The third kappa shape index (κ3) is 6.63. The highest BCUT2D eigenvalue weighted by Crippen LogP contribution is 2.06. The molecule has 0 aliphatic rings. The minimum absolute atomic E-state index is 0.287. The van der Waals surface area contributed by atoms with E-state index < -0.39 is 15.8 Å². The highest BCUT2D eigenvalue weighted by Gasteiger charge is 2.13. The summed E-state index contributed by atoms with van der Waals surface area (Å²) in [7, 11) is -3.61. The maximum Gasteiger partial charge on any atom is 0.235 e. The van der Waals surface area contributed by atoms with Gasteiger partial charge in [0.05, 0.1) is 12.3 Å². The first-order valence-electron chi connectivity index (χ1n) is 6.27. The fraction of sp³-hybridized carbons (Fsp3) is 0.462. The summed E-state index contributed by atoms with van der Waals surface area (Å²) < 4.78 is 38.4. The number of hydrogen-bond donors (Lipinski definition) is 2. The molecule has 0 unspecified atom stereocenters. The van der Waals surface area contributed by atoms with Crippen molar-refractivity contribution in [2.24, 2.45) is 5.92 Å². The minimum atomic E-state index is -3.61. The van der Waals surface area contributed by atoms with Gasteiger partial charge in [-0.3, -0.25) is 4.79 Å². The van der Waals surface area contributed by atoms with Gasteiger partial charge >= 0.3 is 0 Å². The van der Waals surface area contributed by atoms with E-state index in [0.717, 1.165) is 0 Å². The van der Waals surface area contributed by atoms with E-state index in [9.17, 15) is 17.6 Å². The normalized spacial score (nSPS) is 11.6. The van der Waals surface area contributed by atoms with E-state index in [4.69, 9.17) is 0 Å². The van der Waals surface area contributed by atoms with Gasteiger partial charge in [-0.05, 0) is 23.6 Å². The SMILES string of the molecule is CC(C)CNC(=O)CNS(=O)(=O)Cc1ccc(F)cc1. The lowest BCUT2D eigenvalue weighted by atomic mass is 10.2. The standard InChI is InChI=1S/C13H19FN2O3S/c1-10(2)7-15-13(17)8-16-20(18,19)9-11-3-5-12(14)6-4-11/h3-6,10,16H,7-9H2,1-2H3,(H,15,17). The van der Waals surface area contributed by atoms with Crippen LogP contribution in [0.25, 0.3) is 0 Å². The Bertz CT molecular complexity index is 541. The van der Waals surface area contributed by atoms with E-state index in [2.05, 4.69) is 10.0 Å². The predicted octanol–water partition coefficient (Wildman–Crippen LogP) is 1.02. The molecule has 20 heavy (non-hydrogen) atoms. The molecule has 0 spiro atoms. The van der Waals surface area contributed by atoms with Crippen molar-refractivity contribution < 1.29 is 17.6 Å². The Morgan fingerprint density at radius 1 is 1.25 bits per heavy atom. The van der Waals surface area contributed by atoms with E-state index in [1.54, 1.807) is 0 Å². The van der Waals surface area contributed by atoms with Crippen LogP contribution in [0.2, 0.25) is 0 Å². The van der Waals surface area contributed by atoms with Crippen LogP contribution < -0.4 is 10.0 Å². The summed E-state index contributed by atoms with van der Waals surface area (Å²) in [4.78, 5) is 11.4. The van der Waals surface area contributed by atoms with Crippen LogP contribution in [0.4, 0.5) is 4.39 Å². The number of hydrogen-bond acceptors (Lipinski definition) is 3. The van der Waals surface area contributed by atoms with Crippen molar-refractivity contribution in [3.63, 3.8) is 0 Å². The van der Waals surface area contributed by atoms with Crippen molar-refractivity contribution in [1.29, 1.82) is 0 Å². The molecule has 0 aromatic heterocycles. The maximum atomic E-state index is 12.7. The topological polar surface area (TPSA) is 75.3 Å². The summed E-state index contributed by atoms with van der Waals surface area (Å²) in [5.41, 5.74) is 0.460. The van der Waals surface area contributed by atoms with Gasteiger partial charge in [0.25, 0.3) is 0 Å². The van der Waals surface area contributed by atoms with Crippen molar-refractivity contribution in [2.75, 3.05) is 13.1 Å². The first-order chi connectivity index (χ1) is 9.28. The van der Waals surface area contributed by atoms with Crippen molar-refractivity contribution in [2.45, 2.75) is 19.6 Å². The molecule has 0 fully saturated rings. The molecule has 0 radical (unpaired) electrons. The molecule has 1 amide bonds. The number of amides is 1. The van der Waals surface area contributed by atoms with Crippen LogP contribution >= 0.6 is 0 Å². The number of rotatable bonds is 7. The van der Waals surface area contributed by atoms with Gasteiger partial charge in [0, 0.05) is 6.54 Å². The first-order valence-corrected chi connectivity index (χ1v) is 7.92.